The molecule has 3 aromatic rings. The van der Waals surface area contributed by atoms with Crippen molar-refractivity contribution in [2.24, 2.45) is 5.16 Å². The summed E-state index contributed by atoms with van der Waals surface area (Å²) in [5, 5.41) is 15.3. The third-order valence-electron chi connectivity index (χ3n) is 3.12. The van der Waals surface area contributed by atoms with Crippen molar-refractivity contribution in [3.63, 3.8) is 0 Å². The van der Waals surface area contributed by atoms with Gasteiger partial charge in [0.2, 0.25) is 5.52 Å². The van der Waals surface area contributed by atoms with Crippen molar-refractivity contribution in [2.45, 2.75) is 6.54 Å². The SMILES string of the molecule is O/N=C/C[n+]1cc2ccccc2c2ccccc21. The van der Waals surface area contributed by atoms with Crippen molar-refractivity contribution < 1.29 is 9.77 Å². The Bertz CT molecular complexity index is 735. The normalized spacial score (nSPS) is 11.6. The third kappa shape index (κ3) is 1.70. The lowest BCUT2D eigenvalue weighted by Gasteiger charge is -2.03. The first-order valence-electron chi connectivity index (χ1n) is 5.86. The van der Waals surface area contributed by atoms with E-state index < -0.39 is 0 Å². The molecule has 18 heavy (non-hydrogen) atoms. The fourth-order valence-electron chi connectivity index (χ4n) is 2.32. The summed E-state index contributed by atoms with van der Waals surface area (Å²) in [5.41, 5.74) is 1.14. The summed E-state index contributed by atoms with van der Waals surface area (Å²) < 4.78 is 2.08. The summed E-state index contributed by atoms with van der Waals surface area (Å²) in [6, 6.07) is 16.5. The molecule has 0 aliphatic heterocycles. The smallest absolute Gasteiger partial charge is 0.213 e. The zero-order valence-corrected chi connectivity index (χ0v) is 9.82. The largest absolute Gasteiger partial charge is 0.411 e. The van der Waals surface area contributed by atoms with Crippen LogP contribution < -0.4 is 4.57 Å². The molecular weight excluding hydrogens is 224 g/mol. The lowest BCUT2D eigenvalue weighted by molar-refractivity contribution is -0.653. The van der Waals surface area contributed by atoms with E-state index in [0.29, 0.717) is 6.54 Å². The maximum absolute atomic E-state index is 8.57. The summed E-state index contributed by atoms with van der Waals surface area (Å²) >= 11 is 0. The number of aromatic nitrogens is 1. The van der Waals surface area contributed by atoms with Crippen LogP contribution in [0.5, 0.6) is 0 Å². The van der Waals surface area contributed by atoms with E-state index in [1.165, 1.54) is 22.4 Å². The van der Waals surface area contributed by atoms with E-state index in [-0.39, 0.29) is 0 Å². The van der Waals surface area contributed by atoms with Crippen molar-refractivity contribution in [3.8, 4) is 0 Å². The second kappa shape index (κ2) is 4.45. The van der Waals surface area contributed by atoms with Gasteiger partial charge >= 0.3 is 0 Å². The summed E-state index contributed by atoms with van der Waals surface area (Å²) in [7, 11) is 0. The van der Waals surface area contributed by atoms with Crippen molar-refractivity contribution >= 4 is 27.9 Å². The van der Waals surface area contributed by atoms with Crippen molar-refractivity contribution in [1.29, 1.82) is 0 Å². The molecule has 3 nitrogen and oxygen atoms in total. The Kier molecular flexibility index (Phi) is 2.65. The maximum atomic E-state index is 8.57. The molecule has 0 fully saturated rings. The van der Waals surface area contributed by atoms with Crippen LogP contribution >= 0.6 is 0 Å². The van der Waals surface area contributed by atoms with Crippen LogP contribution in [0.1, 0.15) is 0 Å². The van der Waals surface area contributed by atoms with Gasteiger partial charge in [0.15, 0.2) is 12.7 Å². The van der Waals surface area contributed by atoms with E-state index in [1.807, 2.05) is 24.3 Å². The quantitative estimate of drug-likeness (QED) is 0.240. The molecular formula is C15H13N2O+. The second-order valence-corrected chi connectivity index (χ2v) is 4.18. The molecule has 0 saturated carbocycles. The van der Waals surface area contributed by atoms with Crippen LogP contribution in [0.25, 0.3) is 21.7 Å². The topological polar surface area (TPSA) is 36.5 Å². The highest BCUT2D eigenvalue weighted by atomic mass is 16.4. The number of benzene rings is 2. The second-order valence-electron chi connectivity index (χ2n) is 4.18. The molecule has 3 rings (SSSR count). The monoisotopic (exact) mass is 237 g/mol. The molecule has 3 heteroatoms. The van der Waals surface area contributed by atoms with E-state index in [2.05, 4.69) is 40.2 Å². The van der Waals surface area contributed by atoms with Gasteiger partial charge < -0.3 is 5.21 Å². The predicted molar refractivity (Wildman–Crippen MR) is 71.9 cm³/mol. The Labute approximate surface area is 105 Å². The average molecular weight is 237 g/mol. The van der Waals surface area contributed by atoms with Crippen LogP contribution in [0.3, 0.4) is 0 Å². The summed E-state index contributed by atoms with van der Waals surface area (Å²) in [6.45, 7) is 0.557. The van der Waals surface area contributed by atoms with Gasteiger partial charge in [-0.3, -0.25) is 0 Å². The van der Waals surface area contributed by atoms with Crippen LogP contribution in [0.2, 0.25) is 0 Å². The maximum Gasteiger partial charge on any atom is 0.213 e. The standard InChI is InChI=1S/C15H12N2O/c18-16-9-10-17-11-12-5-1-2-6-13(12)14-7-3-4-8-15(14)17/h1-9,11H,10H2/p+1/b16-9+. The summed E-state index contributed by atoms with van der Waals surface area (Å²) in [6.07, 6.45) is 3.57. The highest BCUT2D eigenvalue weighted by Crippen LogP contribution is 2.21. The minimum atomic E-state index is 0.557. The Morgan fingerprint density at radius 3 is 2.56 bits per heavy atom. The summed E-state index contributed by atoms with van der Waals surface area (Å²) in [4.78, 5) is 0. The van der Waals surface area contributed by atoms with E-state index in [0.717, 1.165) is 5.52 Å². The van der Waals surface area contributed by atoms with Gasteiger partial charge in [-0.1, -0.05) is 35.5 Å². The molecule has 0 bridgehead atoms. The molecule has 0 saturated heterocycles. The van der Waals surface area contributed by atoms with Crippen LogP contribution in [-0.2, 0) is 6.54 Å². The predicted octanol–water partition coefficient (Wildman–Crippen LogP) is 2.74. The Hall–Kier alpha value is -2.42. The number of pyridine rings is 1. The molecule has 1 heterocycles. The van der Waals surface area contributed by atoms with Crippen molar-refractivity contribution in [3.05, 3.63) is 54.7 Å². The number of oxime groups is 1. The van der Waals surface area contributed by atoms with E-state index >= 15 is 0 Å². The van der Waals surface area contributed by atoms with E-state index in [4.69, 9.17) is 5.21 Å². The first-order chi connectivity index (χ1) is 8.90. The fraction of sp³-hybridized carbons (Fsp3) is 0.0667. The van der Waals surface area contributed by atoms with Crippen molar-refractivity contribution in [1.82, 2.24) is 0 Å². The highest BCUT2D eigenvalue weighted by molar-refractivity contribution is 6.03. The number of para-hydroxylation sites is 1. The molecule has 0 aliphatic rings. The lowest BCUT2D eigenvalue weighted by atomic mass is 10.1. The minimum absolute atomic E-state index is 0.557. The molecule has 0 amide bonds. The molecule has 1 aromatic heterocycles. The minimum Gasteiger partial charge on any atom is -0.411 e. The van der Waals surface area contributed by atoms with E-state index in [1.54, 1.807) is 0 Å². The number of hydrogen-bond acceptors (Lipinski definition) is 2. The average Bonchev–Trinajstić information content (AvgIpc) is 2.45. The van der Waals surface area contributed by atoms with Crippen LogP contribution in [0.15, 0.2) is 59.9 Å². The zero-order valence-electron chi connectivity index (χ0n) is 9.82. The number of nitrogens with zero attached hydrogens (tertiary/aromatic N) is 2. The third-order valence-corrected chi connectivity index (χ3v) is 3.12. The highest BCUT2D eigenvalue weighted by Gasteiger charge is 2.11. The van der Waals surface area contributed by atoms with Gasteiger partial charge in [0.1, 0.15) is 6.21 Å². The van der Waals surface area contributed by atoms with Gasteiger partial charge in [-0.15, -0.1) is 0 Å². The van der Waals surface area contributed by atoms with Gasteiger partial charge in [0, 0.05) is 16.8 Å². The lowest BCUT2D eigenvalue weighted by Crippen LogP contribution is -2.35. The van der Waals surface area contributed by atoms with Crippen LogP contribution in [0.4, 0.5) is 0 Å². The fourth-order valence-corrected chi connectivity index (χ4v) is 2.32. The molecule has 0 aliphatic carbocycles. The Morgan fingerprint density at radius 1 is 1.00 bits per heavy atom. The van der Waals surface area contributed by atoms with Gasteiger partial charge in [0.05, 0.1) is 5.39 Å². The Balaban J connectivity index is 2.39. The number of fused-ring (bicyclic) bond motifs is 3. The molecule has 2 aromatic carbocycles. The van der Waals surface area contributed by atoms with Gasteiger partial charge in [-0.05, 0) is 12.1 Å². The molecule has 0 spiro atoms. The van der Waals surface area contributed by atoms with Gasteiger partial charge in [0.25, 0.3) is 0 Å². The molecule has 0 atom stereocenters. The van der Waals surface area contributed by atoms with Gasteiger partial charge in [-0.25, -0.2) is 0 Å². The molecule has 0 unspecified atom stereocenters. The van der Waals surface area contributed by atoms with E-state index in [9.17, 15) is 0 Å². The Morgan fingerprint density at radius 2 is 1.72 bits per heavy atom. The first kappa shape index (κ1) is 10.7. The number of hydrogen-bond donors (Lipinski definition) is 1. The van der Waals surface area contributed by atoms with Crippen LogP contribution in [0, 0.1) is 0 Å². The molecule has 0 radical (unpaired) electrons. The number of rotatable bonds is 2. The summed E-state index contributed by atoms with van der Waals surface area (Å²) in [5.74, 6) is 0. The molecule has 1 N–H and O–H groups in total. The molecule has 88 valence electrons. The van der Waals surface area contributed by atoms with Crippen LogP contribution in [-0.4, -0.2) is 11.4 Å². The van der Waals surface area contributed by atoms with Gasteiger partial charge in [-0.2, -0.15) is 4.57 Å². The van der Waals surface area contributed by atoms with Crippen molar-refractivity contribution in [2.75, 3.05) is 0 Å². The zero-order chi connectivity index (χ0) is 12.4. The first-order valence-corrected chi connectivity index (χ1v) is 5.86.